The first-order chi connectivity index (χ1) is 11.9. The van der Waals surface area contributed by atoms with Crippen molar-refractivity contribution in [3.63, 3.8) is 0 Å². The van der Waals surface area contributed by atoms with Gasteiger partial charge in [0.25, 0.3) is 0 Å². The maximum atomic E-state index is 12.6. The average molecular weight is 340 g/mol. The normalized spacial score (nSPS) is 11.9. The first-order valence-corrected chi connectivity index (χ1v) is 8.82. The number of hydrogen-bond acceptors (Lipinski definition) is 2. The highest BCUT2D eigenvalue weighted by atomic mass is 16.5. The molecular formula is C21H28N2O2. The molecule has 0 aliphatic carbocycles. The quantitative estimate of drug-likeness (QED) is 0.745. The number of nitrogens with one attached hydrogen (secondary N) is 1. The monoisotopic (exact) mass is 340 g/mol. The van der Waals surface area contributed by atoms with Crippen LogP contribution in [0.25, 0.3) is 0 Å². The number of urea groups is 1. The molecule has 134 valence electrons. The number of nitrogens with zero attached hydrogens (tertiary/aromatic N) is 1. The smallest absolute Gasteiger partial charge is 0.324 e. The van der Waals surface area contributed by atoms with E-state index in [0.29, 0.717) is 12.5 Å². The Hall–Kier alpha value is -2.49. The van der Waals surface area contributed by atoms with Gasteiger partial charge in [-0.15, -0.1) is 0 Å². The van der Waals surface area contributed by atoms with E-state index in [0.717, 1.165) is 17.0 Å². The van der Waals surface area contributed by atoms with Crippen molar-refractivity contribution in [3.8, 4) is 5.75 Å². The molecular weight excluding hydrogens is 312 g/mol. The van der Waals surface area contributed by atoms with Crippen molar-refractivity contribution < 1.29 is 9.53 Å². The fourth-order valence-corrected chi connectivity index (χ4v) is 2.66. The van der Waals surface area contributed by atoms with E-state index in [2.05, 4.69) is 31.3 Å². The van der Waals surface area contributed by atoms with Crippen LogP contribution in [-0.2, 0) is 0 Å². The van der Waals surface area contributed by atoms with Gasteiger partial charge in [-0.05, 0) is 62.1 Å². The molecule has 2 aromatic carbocycles. The highest BCUT2D eigenvalue weighted by molar-refractivity contribution is 5.92. The second-order valence-electron chi connectivity index (χ2n) is 6.52. The van der Waals surface area contributed by atoms with Gasteiger partial charge in [-0.3, -0.25) is 4.90 Å². The lowest BCUT2D eigenvalue weighted by atomic mass is 10.0. The van der Waals surface area contributed by atoms with Crippen molar-refractivity contribution in [2.24, 2.45) is 0 Å². The van der Waals surface area contributed by atoms with E-state index in [1.54, 1.807) is 4.90 Å². The number of ether oxygens (including phenoxy) is 1. The van der Waals surface area contributed by atoms with E-state index in [1.807, 2.05) is 57.2 Å². The van der Waals surface area contributed by atoms with Crippen LogP contribution in [-0.4, -0.2) is 18.8 Å². The van der Waals surface area contributed by atoms with Gasteiger partial charge in [0.15, 0.2) is 6.23 Å². The minimum absolute atomic E-state index is 0.167. The first-order valence-electron chi connectivity index (χ1n) is 8.82. The minimum atomic E-state index is -0.420. The molecule has 0 aromatic heterocycles. The fourth-order valence-electron chi connectivity index (χ4n) is 2.66. The second-order valence-corrected chi connectivity index (χ2v) is 6.52. The summed E-state index contributed by atoms with van der Waals surface area (Å²) in [5, 5.41) is 2.90. The van der Waals surface area contributed by atoms with Crippen LogP contribution < -0.4 is 15.0 Å². The largest absolute Gasteiger partial charge is 0.471 e. The molecule has 0 saturated heterocycles. The van der Waals surface area contributed by atoms with Gasteiger partial charge in [0.1, 0.15) is 5.75 Å². The Morgan fingerprint density at radius 2 is 1.80 bits per heavy atom. The number of benzene rings is 2. The number of carbonyl (C=O) groups excluding carboxylic acids is 1. The number of rotatable bonds is 6. The molecule has 0 radical (unpaired) electrons. The van der Waals surface area contributed by atoms with Crippen LogP contribution in [0.4, 0.5) is 10.5 Å². The number of hydrogen-bond donors (Lipinski definition) is 1. The Kier molecular flexibility index (Phi) is 6.45. The lowest BCUT2D eigenvalue weighted by molar-refractivity contribution is 0.180. The molecule has 0 fully saturated rings. The highest BCUT2D eigenvalue weighted by Gasteiger charge is 2.17. The molecule has 4 nitrogen and oxygen atoms in total. The zero-order chi connectivity index (χ0) is 18.4. The Labute approximate surface area is 150 Å². The number of amides is 2. The number of carbonyl (C=O) groups is 1. The molecule has 0 heterocycles. The third-order valence-corrected chi connectivity index (χ3v) is 4.06. The van der Waals surface area contributed by atoms with E-state index in [4.69, 9.17) is 4.74 Å². The molecule has 1 atom stereocenters. The van der Waals surface area contributed by atoms with Crippen LogP contribution >= 0.6 is 0 Å². The summed E-state index contributed by atoms with van der Waals surface area (Å²) >= 11 is 0. The third-order valence-electron chi connectivity index (χ3n) is 4.06. The summed E-state index contributed by atoms with van der Waals surface area (Å²) in [4.78, 5) is 14.3. The Morgan fingerprint density at radius 3 is 2.36 bits per heavy atom. The summed E-state index contributed by atoms with van der Waals surface area (Å²) in [7, 11) is 0. The van der Waals surface area contributed by atoms with Gasteiger partial charge in [-0.25, -0.2) is 4.79 Å². The molecule has 0 saturated carbocycles. The molecule has 2 rings (SSSR count). The summed E-state index contributed by atoms with van der Waals surface area (Å²) in [6, 6.07) is 15.7. The predicted octanol–water partition coefficient (Wildman–Crippen LogP) is 5.08. The van der Waals surface area contributed by atoms with E-state index < -0.39 is 6.23 Å². The lowest BCUT2D eigenvalue weighted by Crippen LogP contribution is -2.46. The van der Waals surface area contributed by atoms with Crippen LogP contribution in [0.1, 0.15) is 44.7 Å². The average Bonchev–Trinajstić information content (AvgIpc) is 2.56. The van der Waals surface area contributed by atoms with Crippen LogP contribution in [0.5, 0.6) is 5.75 Å². The van der Waals surface area contributed by atoms with Crippen molar-refractivity contribution in [2.45, 2.75) is 46.8 Å². The van der Waals surface area contributed by atoms with Gasteiger partial charge < -0.3 is 10.1 Å². The van der Waals surface area contributed by atoms with Crippen molar-refractivity contribution in [1.82, 2.24) is 5.32 Å². The maximum Gasteiger partial charge on any atom is 0.324 e. The SMILES string of the molecule is CCN(C(=O)NC(C)Oc1ccc(C(C)C)cc1)c1cccc(C)c1. The fraction of sp³-hybridized carbons (Fsp3) is 0.381. The Balaban J connectivity index is 1.98. The standard InChI is InChI=1S/C21H28N2O2/c1-6-23(19-9-7-8-16(4)14-19)21(24)22-17(5)25-20-12-10-18(11-13-20)15(2)3/h7-15,17H,6H2,1-5H3,(H,22,24). The van der Waals surface area contributed by atoms with Crippen molar-refractivity contribution in [1.29, 1.82) is 0 Å². The summed E-state index contributed by atoms with van der Waals surface area (Å²) < 4.78 is 5.82. The molecule has 0 spiro atoms. The first kappa shape index (κ1) is 18.8. The van der Waals surface area contributed by atoms with Crippen LogP contribution in [0.2, 0.25) is 0 Å². The lowest BCUT2D eigenvalue weighted by Gasteiger charge is -2.25. The van der Waals surface area contributed by atoms with Crippen molar-refractivity contribution in [2.75, 3.05) is 11.4 Å². The third kappa shape index (κ3) is 5.24. The van der Waals surface area contributed by atoms with E-state index >= 15 is 0 Å². The number of aryl methyl sites for hydroxylation is 1. The molecule has 4 heteroatoms. The molecule has 25 heavy (non-hydrogen) atoms. The van der Waals surface area contributed by atoms with E-state index in [9.17, 15) is 4.79 Å². The second kappa shape index (κ2) is 8.56. The zero-order valence-electron chi connectivity index (χ0n) is 15.7. The molecule has 0 aliphatic rings. The van der Waals surface area contributed by atoms with Crippen molar-refractivity contribution in [3.05, 3.63) is 59.7 Å². The molecule has 1 unspecified atom stereocenters. The van der Waals surface area contributed by atoms with Gasteiger partial charge in [0.2, 0.25) is 0 Å². The van der Waals surface area contributed by atoms with E-state index in [1.165, 1.54) is 5.56 Å². The Morgan fingerprint density at radius 1 is 1.12 bits per heavy atom. The van der Waals surface area contributed by atoms with Crippen LogP contribution in [0.3, 0.4) is 0 Å². The summed E-state index contributed by atoms with van der Waals surface area (Å²) in [5.41, 5.74) is 3.27. The highest BCUT2D eigenvalue weighted by Crippen LogP contribution is 2.19. The molecule has 0 bridgehead atoms. The van der Waals surface area contributed by atoms with Gasteiger partial charge >= 0.3 is 6.03 Å². The minimum Gasteiger partial charge on any atom is -0.471 e. The molecule has 2 aromatic rings. The van der Waals surface area contributed by atoms with Crippen LogP contribution in [0, 0.1) is 6.92 Å². The summed E-state index contributed by atoms with van der Waals surface area (Å²) in [5.74, 6) is 1.23. The maximum absolute atomic E-state index is 12.6. The summed E-state index contributed by atoms with van der Waals surface area (Å²) in [6.45, 7) is 10.7. The summed E-state index contributed by atoms with van der Waals surface area (Å²) in [6.07, 6.45) is -0.420. The number of anilines is 1. The zero-order valence-corrected chi connectivity index (χ0v) is 15.7. The van der Waals surface area contributed by atoms with Gasteiger partial charge in [0, 0.05) is 12.2 Å². The molecule has 0 aliphatic heterocycles. The molecule has 1 N–H and O–H groups in total. The molecule has 2 amide bonds. The van der Waals surface area contributed by atoms with Gasteiger partial charge in [-0.1, -0.05) is 38.1 Å². The van der Waals surface area contributed by atoms with Gasteiger partial charge in [-0.2, -0.15) is 0 Å². The van der Waals surface area contributed by atoms with E-state index in [-0.39, 0.29) is 6.03 Å². The van der Waals surface area contributed by atoms with Crippen molar-refractivity contribution >= 4 is 11.7 Å². The Bertz CT molecular complexity index is 695. The van der Waals surface area contributed by atoms with Gasteiger partial charge in [0.05, 0.1) is 0 Å². The van der Waals surface area contributed by atoms with Crippen LogP contribution in [0.15, 0.2) is 48.5 Å². The topological polar surface area (TPSA) is 41.6 Å². The predicted molar refractivity (Wildman–Crippen MR) is 103 cm³/mol.